The van der Waals surface area contributed by atoms with Crippen LogP contribution in [0.25, 0.3) is 11.2 Å². The van der Waals surface area contributed by atoms with E-state index in [-0.39, 0.29) is 24.6 Å². The first-order valence-corrected chi connectivity index (χ1v) is 11.5. The smallest absolute Gasteiger partial charge is 0.270 e. The van der Waals surface area contributed by atoms with Crippen molar-refractivity contribution in [3.63, 3.8) is 0 Å². The number of Topliss-reactive ketones (excluding diaryl/α,β-unsaturated/α-hetero) is 1. The molecule has 2 N–H and O–H groups in total. The van der Waals surface area contributed by atoms with Crippen LogP contribution >= 0.6 is 0 Å². The van der Waals surface area contributed by atoms with E-state index in [1.54, 1.807) is 22.9 Å². The number of nitrogens with zero attached hydrogens (tertiary/aromatic N) is 6. The van der Waals surface area contributed by atoms with Gasteiger partial charge in [0, 0.05) is 19.6 Å². The molecule has 1 fully saturated rings. The Hall–Kier alpha value is -3.28. The zero-order valence-corrected chi connectivity index (χ0v) is 18.8. The Balaban J connectivity index is 1.13. The first-order valence-electron chi connectivity index (χ1n) is 11.5. The van der Waals surface area contributed by atoms with Crippen molar-refractivity contribution in [3.8, 4) is 5.75 Å². The molecule has 1 atom stereocenters. The predicted octanol–water partition coefficient (Wildman–Crippen LogP) is -0.310. The first-order chi connectivity index (χ1) is 16.6. The highest BCUT2D eigenvalue weighted by Gasteiger charge is 2.23. The maximum atomic E-state index is 12.4. The molecule has 34 heavy (non-hydrogen) atoms. The Labute approximate surface area is 195 Å². The fraction of sp³-hybridized carbons (Fsp3) is 0.478. The first kappa shape index (κ1) is 22.5. The number of ether oxygens (including phenoxy) is 1. The number of likely N-dealkylation sites (tertiary alicyclic amines) is 1. The molecule has 0 unspecified atom stereocenters. The van der Waals surface area contributed by atoms with Crippen molar-refractivity contribution in [2.45, 2.75) is 32.5 Å². The van der Waals surface area contributed by atoms with Crippen LogP contribution in [0, 0.1) is 5.92 Å². The van der Waals surface area contributed by atoms with E-state index in [2.05, 4.69) is 30.2 Å². The quantitative estimate of drug-likeness (QED) is 0.456. The minimum atomic E-state index is -0.190. The van der Waals surface area contributed by atoms with Gasteiger partial charge in [-0.1, -0.05) is 0 Å². The maximum Gasteiger partial charge on any atom is 0.270 e. The van der Waals surface area contributed by atoms with Crippen molar-refractivity contribution in [1.29, 1.82) is 0 Å². The zero-order valence-electron chi connectivity index (χ0n) is 18.8. The lowest BCUT2D eigenvalue weighted by Gasteiger charge is -2.18. The number of aliphatic hydroxyl groups is 1. The van der Waals surface area contributed by atoms with Crippen LogP contribution in [0.15, 0.2) is 29.3 Å². The number of fused-ring (bicyclic) bond motifs is 2. The summed E-state index contributed by atoms with van der Waals surface area (Å²) in [6.07, 6.45) is 4.34. The standard InChI is InChI=1S/C23H27N7O4/c31-13-16-1-2-18-23(27-16)30(22(33)11-25-18)6-5-29-4-3-15(12-29)8-24-10-21-26-9-20-19(28-21)7-17(32)14-34-20/h1-2,9,11,15,24,31H,3-8,10,12-14H2/t15-/m0/s1. The van der Waals surface area contributed by atoms with Gasteiger partial charge in [0.15, 0.2) is 17.2 Å². The molecule has 11 heteroatoms. The largest absolute Gasteiger partial charge is 0.482 e. The van der Waals surface area contributed by atoms with E-state index in [4.69, 9.17) is 4.74 Å². The molecule has 0 amide bonds. The molecule has 0 saturated carbocycles. The topological polar surface area (TPSA) is 135 Å². The van der Waals surface area contributed by atoms with Gasteiger partial charge >= 0.3 is 0 Å². The summed E-state index contributed by atoms with van der Waals surface area (Å²) >= 11 is 0. The predicted molar refractivity (Wildman–Crippen MR) is 122 cm³/mol. The molecule has 178 valence electrons. The number of ketones is 1. The number of carbonyl (C=O) groups is 1. The van der Waals surface area contributed by atoms with Gasteiger partial charge in [-0.25, -0.2) is 19.9 Å². The van der Waals surface area contributed by atoms with E-state index >= 15 is 0 Å². The van der Waals surface area contributed by atoms with Crippen molar-refractivity contribution in [3.05, 3.63) is 52.1 Å². The van der Waals surface area contributed by atoms with Gasteiger partial charge in [-0.3, -0.25) is 14.2 Å². The Morgan fingerprint density at radius 1 is 1.15 bits per heavy atom. The van der Waals surface area contributed by atoms with Gasteiger partial charge in [-0.2, -0.15) is 0 Å². The van der Waals surface area contributed by atoms with E-state index < -0.39 is 0 Å². The molecule has 5 heterocycles. The van der Waals surface area contributed by atoms with Gasteiger partial charge in [0.05, 0.1) is 43.4 Å². The van der Waals surface area contributed by atoms with Crippen LogP contribution in [-0.4, -0.2) is 73.1 Å². The average Bonchev–Trinajstić information content (AvgIpc) is 3.30. The van der Waals surface area contributed by atoms with Crippen LogP contribution in [0.4, 0.5) is 0 Å². The van der Waals surface area contributed by atoms with E-state index in [0.29, 0.717) is 59.6 Å². The van der Waals surface area contributed by atoms with E-state index in [1.807, 2.05) is 0 Å². The number of hydrogen-bond donors (Lipinski definition) is 2. The molecule has 5 rings (SSSR count). The van der Waals surface area contributed by atoms with Crippen molar-refractivity contribution >= 4 is 16.9 Å². The van der Waals surface area contributed by atoms with Gasteiger partial charge in [-0.15, -0.1) is 0 Å². The van der Waals surface area contributed by atoms with Crippen molar-refractivity contribution in [1.82, 2.24) is 34.7 Å². The second kappa shape index (κ2) is 9.92. The van der Waals surface area contributed by atoms with Crippen LogP contribution < -0.4 is 15.6 Å². The lowest BCUT2D eigenvalue weighted by Crippen LogP contribution is -2.31. The monoisotopic (exact) mass is 465 g/mol. The highest BCUT2D eigenvalue weighted by molar-refractivity contribution is 5.83. The van der Waals surface area contributed by atoms with Crippen LogP contribution in [0.5, 0.6) is 5.75 Å². The lowest BCUT2D eigenvalue weighted by atomic mass is 10.1. The van der Waals surface area contributed by atoms with Crippen LogP contribution in [-0.2, 0) is 30.9 Å². The Kier molecular flexibility index (Phi) is 6.57. The number of pyridine rings is 1. The molecular weight excluding hydrogens is 438 g/mol. The molecule has 0 spiro atoms. The fourth-order valence-corrected chi connectivity index (χ4v) is 4.47. The van der Waals surface area contributed by atoms with E-state index in [1.165, 1.54) is 6.20 Å². The normalized spacial score (nSPS) is 18.3. The molecule has 3 aromatic heterocycles. The zero-order chi connectivity index (χ0) is 23.5. The third-order valence-corrected chi connectivity index (χ3v) is 6.27. The summed E-state index contributed by atoms with van der Waals surface area (Å²) in [5.41, 5.74) is 2.14. The summed E-state index contributed by atoms with van der Waals surface area (Å²) in [4.78, 5) is 43.7. The molecule has 2 aliphatic rings. The highest BCUT2D eigenvalue weighted by Crippen LogP contribution is 2.20. The van der Waals surface area contributed by atoms with Gasteiger partial charge < -0.3 is 20.1 Å². The lowest BCUT2D eigenvalue weighted by molar-refractivity contribution is -0.121. The summed E-state index contributed by atoms with van der Waals surface area (Å²) in [6.45, 7) is 4.45. The molecule has 0 bridgehead atoms. The van der Waals surface area contributed by atoms with Crippen LogP contribution in [0.2, 0.25) is 0 Å². The summed E-state index contributed by atoms with van der Waals surface area (Å²) in [5.74, 6) is 1.78. The van der Waals surface area contributed by atoms with Crippen LogP contribution in [0.3, 0.4) is 0 Å². The average molecular weight is 466 g/mol. The summed E-state index contributed by atoms with van der Waals surface area (Å²) in [7, 11) is 0. The summed E-state index contributed by atoms with van der Waals surface area (Å²) < 4.78 is 6.98. The third kappa shape index (κ3) is 4.96. The second-order valence-corrected chi connectivity index (χ2v) is 8.74. The van der Waals surface area contributed by atoms with Gasteiger partial charge in [-0.05, 0) is 37.6 Å². The van der Waals surface area contributed by atoms with Gasteiger partial charge in [0.1, 0.15) is 17.9 Å². The van der Waals surface area contributed by atoms with Crippen molar-refractivity contribution in [2.75, 3.05) is 32.8 Å². The second-order valence-electron chi connectivity index (χ2n) is 8.74. The van der Waals surface area contributed by atoms with E-state index in [9.17, 15) is 14.7 Å². The summed E-state index contributed by atoms with van der Waals surface area (Å²) in [6, 6.07) is 3.49. The molecule has 11 nitrogen and oxygen atoms in total. The molecule has 2 aliphatic heterocycles. The number of aliphatic hydroxyl groups excluding tert-OH is 1. The number of carbonyl (C=O) groups excluding carboxylic acids is 1. The van der Waals surface area contributed by atoms with Crippen molar-refractivity contribution < 1.29 is 14.6 Å². The number of rotatable bonds is 8. The summed E-state index contributed by atoms with van der Waals surface area (Å²) in [5, 5.41) is 12.8. The maximum absolute atomic E-state index is 12.4. The third-order valence-electron chi connectivity index (χ3n) is 6.27. The Morgan fingerprint density at radius 2 is 2.06 bits per heavy atom. The molecule has 0 aliphatic carbocycles. The molecular formula is C23H27N7O4. The minimum Gasteiger partial charge on any atom is -0.482 e. The SMILES string of the molecule is O=C1COc2cnc(CNC[C@@H]3CCN(CCn4c(=O)cnc5ccc(CO)nc54)C3)nc2C1. The Bertz CT molecular complexity index is 1260. The van der Waals surface area contributed by atoms with Crippen LogP contribution in [0.1, 0.15) is 23.6 Å². The minimum absolute atomic E-state index is 0.0304. The molecule has 0 aromatic carbocycles. The molecule has 3 aromatic rings. The number of hydrogen-bond acceptors (Lipinski definition) is 10. The van der Waals surface area contributed by atoms with E-state index in [0.717, 1.165) is 32.6 Å². The van der Waals surface area contributed by atoms with Crippen molar-refractivity contribution in [2.24, 2.45) is 5.92 Å². The molecule has 1 saturated heterocycles. The number of nitrogens with one attached hydrogen (secondary N) is 1. The number of aromatic nitrogens is 5. The van der Waals surface area contributed by atoms with Gasteiger partial charge in [0.25, 0.3) is 5.56 Å². The molecule has 0 radical (unpaired) electrons. The Morgan fingerprint density at radius 3 is 2.94 bits per heavy atom. The fourth-order valence-electron chi connectivity index (χ4n) is 4.47. The highest BCUT2D eigenvalue weighted by atomic mass is 16.5. The van der Waals surface area contributed by atoms with Gasteiger partial charge in [0.2, 0.25) is 0 Å².